The molecule has 0 fully saturated rings. The minimum atomic E-state index is -1.19. The maximum absolute atomic E-state index is 13.7. The molecule has 0 saturated carbocycles. The third kappa shape index (κ3) is 2.43. The molecule has 0 saturated heterocycles. The lowest BCUT2D eigenvalue weighted by Gasteiger charge is -2.05. The van der Waals surface area contributed by atoms with E-state index in [1.54, 1.807) is 6.07 Å². The molecular weight excluding hydrogens is 321 g/mol. The van der Waals surface area contributed by atoms with Crippen molar-refractivity contribution in [2.24, 2.45) is 0 Å². The van der Waals surface area contributed by atoms with Gasteiger partial charge in [-0.15, -0.1) is 0 Å². The van der Waals surface area contributed by atoms with Crippen LogP contribution < -0.4 is 5.69 Å². The van der Waals surface area contributed by atoms with Gasteiger partial charge < -0.3 is 5.11 Å². The summed E-state index contributed by atoms with van der Waals surface area (Å²) in [5.41, 5.74) is -0.701. The number of aromatic nitrogens is 3. The van der Waals surface area contributed by atoms with Crippen molar-refractivity contribution in [2.75, 3.05) is 0 Å². The van der Waals surface area contributed by atoms with Crippen LogP contribution in [0.1, 0.15) is 13.0 Å². The molecule has 0 amide bonds. The number of carboxylic acids is 1. The lowest BCUT2D eigenvalue weighted by atomic mass is 10.3. The quantitative estimate of drug-likeness (QED) is 0.927. The number of rotatable bonds is 3. The fraction of sp³-hybridized carbons (Fsp3) is 0.182. The van der Waals surface area contributed by atoms with Gasteiger partial charge in [0.1, 0.15) is 12.1 Å². The normalized spacial score (nSPS) is 12.4. The van der Waals surface area contributed by atoms with Gasteiger partial charge in [-0.2, -0.15) is 9.78 Å². The molecule has 1 heterocycles. The predicted molar refractivity (Wildman–Crippen MR) is 67.8 cm³/mol. The Labute approximate surface area is 115 Å². The molecule has 100 valence electrons. The fourth-order valence-electron chi connectivity index (χ4n) is 1.53. The number of nitrogens with zero attached hydrogens (tertiary/aromatic N) is 3. The molecule has 0 bridgehead atoms. The van der Waals surface area contributed by atoms with Crippen LogP contribution in [0.5, 0.6) is 0 Å². The van der Waals surface area contributed by atoms with E-state index in [1.807, 2.05) is 0 Å². The first-order chi connectivity index (χ1) is 8.91. The minimum Gasteiger partial charge on any atom is -0.480 e. The van der Waals surface area contributed by atoms with Crippen LogP contribution in [0.2, 0.25) is 0 Å². The summed E-state index contributed by atoms with van der Waals surface area (Å²) in [4.78, 5) is 22.8. The number of carbonyl (C=O) groups is 1. The lowest BCUT2D eigenvalue weighted by Crippen LogP contribution is -2.30. The highest BCUT2D eigenvalue weighted by atomic mass is 79.9. The van der Waals surface area contributed by atoms with E-state index in [2.05, 4.69) is 21.0 Å². The van der Waals surface area contributed by atoms with Crippen LogP contribution in [0, 0.1) is 5.82 Å². The Kier molecular flexibility index (Phi) is 3.52. The zero-order chi connectivity index (χ0) is 14.2. The number of carboxylic acid groups (broad SMARTS) is 1. The summed E-state index contributed by atoms with van der Waals surface area (Å²) in [5.74, 6) is -1.80. The SMILES string of the molecule is CC(C(=O)O)n1ncn(-c2ccc(Br)cc2F)c1=O. The minimum absolute atomic E-state index is 0.0111. The van der Waals surface area contributed by atoms with E-state index < -0.39 is 23.5 Å². The Bertz CT molecular complexity index is 695. The average Bonchev–Trinajstić information content (AvgIpc) is 2.70. The molecule has 0 aliphatic heterocycles. The highest BCUT2D eigenvalue weighted by Crippen LogP contribution is 2.17. The maximum atomic E-state index is 13.7. The van der Waals surface area contributed by atoms with Crippen molar-refractivity contribution in [3.63, 3.8) is 0 Å². The lowest BCUT2D eigenvalue weighted by molar-refractivity contribution is -0.140. The van der Waals surface area contributed by atoms with Gasteiger partial charge in [-0.3, -0.25) is 0 Å². The van der Waals surface area contributed by atoms with Crippen LogP contribution >= 0.6 is 15.9 Å². The molecule has 2 rings (SSSR count). The second kappa shape index (κ2) is 4.96. The molecule has 0 spiro atoms. The summed E-state index contributed by atoms with van der Waals surface area (Å²) in [6.45, 7) is 1.32. The van der Waals surface area contributed by atoms with Crippen molar-refractivity contribution in [3.05, 3.63) is 45.3 Å². The van der Waals surface area contributed by atoms with Gasteiger partial charge in [0.15, 0.2) is 6.04 Å². The van der Waals surface area contributed by atoms with Crippen molar-refractivity contribution >= 4 is 21.9 Å². The molecule has 19 heavy (non-hydrogen) atoms. The Balaban J connectivity index is 2.54. The van der Waals surface area contributed by atoms with Crippen LogP contribution in [0.4, 0.5) is 4.39 Å². The summed E-state index contributed by atoms with van der Waals surface area (Å²) in [7, 11) is 0. The summed E-state index contributed by atoms with van der Waals surface area (Å²) < 4.78 is 16.0. The third-order valence-electron chi connectivity index (χ3n) is 2.59. The van der Waals surface area contributed by atoms with Gasteiger partial charge >= 0.3 is 11.7 Å². The molecule has 1 unspecified atom stereocenters. The topological polar surface area (TPSA) is 77.1 Å². The summed E-state index contributed by atoms with van der Waals surface area (Å²) in [6, 6.07) is 3.06. The molecule has 2 aromatic rings. The molecular formula is C11H9BrFN3O3. The van der Waals surface area contributed by atoms with Gasteiger partial charge in [0.05, 0.1) is 5.69 Å². The Morgan fingerprint density at radius 2 is 2.21 bits per heavy atom. The first-order valence-corrected chi connectivity index (χ1v) is 6.05. The standard InChI is InChI=1S/C11H9BrFN3O3/c1-6(10(17)18)16-11(19)15(5-14-16)9-3-2-7(12)4-8(9)13/h2-6H,1H3,(H,17,18). The van der Waals surface area contributed by atoms with Crippen LogP contribution in [0.25, 0.3) is 5.69 Å². The summed E-state index contributed by atoms with van der Waals surface area (Å²) >= 11 is 3.11. The van der Waals surface area contributed by atoms with Gasteiger partial charge in [-0.1, -0.05) is 15.9 Å². The molecule has 1 atom stereocenters. The van der Waals surface area contributed by atoms with Gasteiger partial charge in [-0.25, -0.2) is 18.5 Å². The molecule has 0 aliphatic carbocycles. The van der Waals surface area contributed by atoms with Crippen LogP contribution in [-0.4, -0.2) is 25.4 Å². The van der Waals surface area contributed by atoms with E-state index in [4.69, 9.17) is 5.11 Å². The van der Waals surface area contributed by atoms with Gasteiger partial charge in [0.25, 0.3) is 0 Å². The maximum Gasteiger partial charge on any atom is 0.351 e. The van der Waals surface area contributed by atoms with Crippen molar-refractivity contribution in [1.29, 1.82) is 0 Å². The van der Waals surface area contributed by atoms with Gasteiger partial charge in [0, 0.05) is 4.47 Å². The molecule has 6 nitrogen and oxygen atoms in total. The van der Waals surface area contributed by atoms with Crippen LogP contribution in [-0.2, 0) is 4.79 Å². The Hall–Kier alpha value is -1.96. The van der Waals surface area contributed by atoms with Crippen molar-refractivity contribution in [1.82, 2.24) is 14.3 Å². The first-order valence-electron chi connectivity index (χ1n) is 5.26. The van der Waals surface area contributed by atoms with Crippen molar-refractivity contribution < 1.29 is 14.3 Å². The molecule has 0 radical (unpaired) electrons. The third-order valence-corrected chi connectivity index (χ3v) is 3.08. The highest BCUT2D eigenvalue weighted by molar-refractivity contribution is 9.10. The Morgan fingerprint density at radius 3 is 2.79 bits per heavy atom. The molecule has 1 aromatic heterocycles. The number of aliphatic carboxylic acids is 1. The van der Waals surface area contributed by atoms with E-state index in [0.29, 0.717) is 4.47 Å². The monoisotopic (exact) mass is 329 g/mol. The smallest absolute Gasteiger partial charge is 0.351 e. The predicted octanol–water partition coefficient (Wildman–Crippen LogP) is 1.58. The number of hydrogen-bond donors (Lipinski definition) is 1. The number of hydrogen-bond acceptors (Lipinski definition) is 3. The molecule has 8 heteroatoms. The number of benzene rings is 1. The van der Waals surface area contributed by atoms with Crippen LogP contribution in [0.15, 0.2) is 33.8 Å². The molecule has 0 aliphatic rings. The average molecular weight is 330 g/mol. The largest absolute Gasteiger partial charge is 0.480 e. The zero-order valence-corrected chi connectivity index (χ0v) is 11.3. The van der Waals surface area contributed by atoms with Gasteiger partial charge in [0.2, 0.25) is 0 Å². The zero-order valence-electron chi connectivity index (χ0n) is 9.75. The highest BCUT2D eigenvalue weighted by Gasteiger charge is 2.19. The summed E-state index contributed by atoms with van der Waals surface area (Å²) in [6.07, 6.45) is 1.09. The number of halogens is 2. The fourth-order valence-corrected chi connectivity index (χ4v) is 1.86. The van der Waals surface area contributed by atoms with Gasteiger partial charge in [-0.05, 0) is 25.1 Å². The first kappa shape index (κ1) is 13.5. The van der Waals surface area contributed by atoms with E-state index in [1.165, 1.54) is 19.1 Å². The molecule has 1 aromatic carbocycles. The van der Waals surface area contributed by atoms with E-state index in [9.17, 15) is 14.0 Å². The van der Waals surface area contributed by atoms with Crippen molar-refractivity contribution in [2.45, 2.75) is 13.0 Å². The summed E-state index contributed by atoms with van der Waals surface area (Å²) in [5, 5.41) is 12.5. The van der Waals surface area contributed by atoms with E-state index in [0.717, 1.165) is 15.6 Å². The Morgan fingerprint density at radius 1 is 1.53 bits per heavy atom. The van der Waals surface area contributed by atoms with E-state index >= 15 is 0 Å². The van der Waals surface area contributed by atoms with Crippen molar-refractivity contribution in [3.8, 4) is 5.69 Å². The second-order valence-electron chi connectivity index (χ2n) is 3.84. The van der Waals surface area contributed by atoms with Crippen LogP contribution in [0.3, 0.4) is 0 Å². The molecule has 1 N–H and O–H groups in total. The van der Waals surface area contributed by atoms with E-state index in [-0.39, 0.29) is 5.69 Å². The second-order valence-corrected chi connectivity index (χ2v) is 4.75.